The first-order chi connectivity index (χ1) is 10.2. The number of hydrogen-bond donors (Lipinski definition) is 0. The van der Waals surface area contributed by atoms with Crippen LogP contribution in [0.5, 0.6) is 0 Å². The molecule has 0 spiro atoms. The Balaban J connectivity index is 1.77. The van der Waals surface area contributed by atoms with Crippen LogP contribution in [0.2, 0.25) is 0 Å². The van der Waals surface area contributed by atoms with E-state index in [1.54, 1.807) is 0 Å². The highest BCUT2D eigenvalue weighted by Gasteiger charge is 2.59. The van der Waals surface area contributed by atoms with E-state index in [-0.39, 0.29) is 22.4 Å². The number of esters is 1. The van der Waals surface area contributed by atoms with Gasteiger partial charge in [0, 0.05) is 5.41 Å². The van der Waals surface area contributed by atoms with Crippen LogP contribution >= 0.6 is 0 Å². The lowest BCUT2D eigenvalue weighted by Gasteiger charge is -2.61. The van der Waals surface area contributed by atoms with Gasteiger partial charge < -0.3 is 4.74 Å². The van der Waals surface area contributed by atoms with Gasteiger partial charge in [0.1, 0.15) is 5.60 Å². The Bertz CT molecular complexity index is 411. The Hall–Kier alpha value is -0.530. The summed E-state index contributed by atoms with van der Waals surface area (Å²) < 4.78 is 6.20. The monoisotopic (exact) mass is 306 g/mol. The molecule has 0 aromatic heterocycles. The van der Waals surface area contributed by atoms with E-state index in [1.807, 2.05) is 13.8 Å². The van der Waals surface area contributed by atoms with Gasteiger partial charge in [-0.25, -0.2) is 0 Å². The Morgan fingerprint density at radius 3 is 1.86 bits per heavy atom. The van der Waals surface area contributed by atoms with E-state index in [4.69, 9.17) is 4.74 Å². The van der Waals surface area contributed by atoms with Gasteiger partial charge in [0.05, 0.1) is 5.41 Å². The van der Waals surface area contributed by atoms with Gasteiger partial charge in [-0.2, -0.15) is 0 Å². The van der Waals surface area contributed by atoms with E-state index >= 15 is 0 Å². The SMILES string of the molecule is CCCC(C)(C)C(=O)OC(C)(C)C12CC3CC(CC(C3)C1)C2. The summed E-state index contributed by atoms with van der Waals surface area (Å²) >= 11 is 0. The highest BCUT2D eigenvalue weighted by Crippen LogP contribution is 2.64. The molecule has 22 heavy (non-hydrogen) atoms. The molecule has 2 nitrogen and oxygen atoms in total. The zero-order valence-corrected chi connectivity index (χ0v) is 15.2. The molecule has 0 aromatic rings. The van der Waals surface area contributed by atoms with E-state index < -0.39 is 0 Å². The fourth-order valence-electron chi connectivity index (χ4n) is 6.05. The molecule has 4 saturated carbocycles. The molecule has 0 saturated heterocycles. The van der Waals surface area contributed by atoms with Crippen LogP contribution in [0.25, 0.3) is 0 Å². The average Bonchev–Trinajstić information content (AvgIpc) is 2.36. The van der Waals surface area contributed by atoms with E-state index in [1.165, 1.54) is 38.5 Å². The molecular formula is C20H34O2. The lowest BCUT2D eigenvalue weighted by molar-refractivity contribution is -0.206. The molecule has 2 heteroatoms. The maximum absolute atomic E-state index is 12.7. The Kier molecular flexibility index (Phi) is 3.89. The van der Waals surface area contributed by atoms with Gasteiger partial charge in [0.2, 0.25) is 0 Å². The summed E-state index contributed by atoms with van der Waals surface area (Å²) in [6.07, 6.45) is 10.1. The summed E-state index contributed by atoms with van der Waals surface area (Å²) in [6, 6.07) is 0. The molecule has 0 aromatic carbocycles. The second-order valence-electron chi connectivity index (χ2n) is 9.73. The minimum Gasteiger partial charge on any atom is -0.459 e. The van der Waals surface area contributed by atoms with Gasteiger partial charge in [0.25, 0.3) is 0 Å². The number of rotatable bonds is 5. The van der Waals surface area contributed by atoms with E-state index in [2.05, 4.69) is 20.8 Å². The van der Waals surface area contributed by atoms with Crippen molar-refractivity contribution in [2.45, 2.75) is 91.6 Å². The van der Waals surface area contributed by atoms with E-state index in [0.717, 1.165) is 30.6 Å². The van der Waals surface area contributed by atoms with Gasteiger partial charge in [-0.3, -0.25) is 4.79 Å². The molecule has 0 amide bonds. The fourth-order valence-corrected chi connectivity index (χ4v) is 6.05. The van der Waals surface area contributed by atoms with Crippen LogP contribution in [0.4, 0.5) is 0 Å². The number of carbonyl (C=O) groups excluding carboxylic acids is 1. The molecule has 4 aliphatic carbocycles. The normalized spacial score (nSPS) is 37.4. The third kappa shape index (κ3) is 2.61. The fraction of sp³-hybridized carbons (Fsp3) is 0.950. The lowest BCUT2D eigenvalue weighted by Crippen LogP contribution is -2.58. The highest BCUT2D eigenvalue weighted by atomic mass is 16.6. The summed E-state index contributed by atoms with van der Waals surface area (Å²) in [7, 11) is 0. The van der Waals surface area contributed by atoms with Crippen molar-refractivity contribution in [2.75, 3.05) is 0 Å². The van der Waals surface area contributed by atoms with Crippen molar-refractivity contribution in [1.29, 1.82) is 0 Å². The Morgan fingerprint density at radius 2 is 1.45 bits per heavy atom. The summed E-state index contributed by atoms with van der Waals surface area (Å²) in [5, 5.41) is 0. The summed E-state index contributed by atoms with van der Waals surface area (Å²) in [4.78, 5) is 12.7. The second kappa shape index (κ2) is 5.24. The van der Waals surface area contributed by atoms with Gasteiger partial charge in [-0.15, -0.1) is 0 Å². The Morgan fingerprint density at radius 1 is 1.00 bits per heavy atom. The summed E-state index contributed by atoms with van der Waals surface area (Å²) in [5.41, 5.74) is -0.418. The first kappa shape index (κ1) is 16.3. The van der Waals surface area contributed by atoms with Crippen molar-refractivity contribution in [1.82, 2.24) is 0 Å². The average molecular weight is 306 g/mol. The minimum absolute atomic E-state index is 0.00935. The zero-order valence-electron chi connectivity index (χ0n) is 15.2. The maximum Gasteiger partial charge on any atom is 0.312 e. The smallest absolute Gasteiger partial charge is 0.312 e. The summed E-state index contributed by atoms with van der Waals surface area (Å²) in [5.74, 6) is 2.70. The molecule has 4 fully saturated rings. The molecule has 0 radical (unpaired) electrons. The first-order valence-corrected chi connectivity index (χ1v) is 9.41. The van der Waals surface area contributed by atoms with Crippen molar-refractivity contribution < 1.29 is 9.53 Å². The van der Waals surface area contributed by atoms with Gasteiger partial charge in [0.15, 0.2) is 0 Å². The predicted molar refractivity (Wildman–Crippen MR) is 89.5 cm³/mol. The molecular weight excluding hydrogens is 272 g/mol. The molecule has 0 heterocycles. The van der Waals surface area contributed by atoms with Crippen molar-refractivity contribution in [3.63, 3.8) is 0 Å². The molecule has 0 atom stereocenters. The predicted octanol–water partition coefficient (Wildman–Crippen LogP) is 5.35. The molecule has 4 aliphatic rings. The van der Waals surface area contributed by atoms with Crippen LogP contribution in [0.15, 0.2) is 0 Å². The van der Waals surface area contributed by atoms with Crippen molar-refractivity contribution in [3.05, 3.63) is 0 Å². The van der Waals surface area contributed by atoms with Gasteiger partial charge in [-0.1, -0.05) is 13.3 Å². The van der Waals surface area contributed by atoms with Crippen LogP contribution in [-0.4, -0.2) is 11.6 Å². The molecule has 126 valence electrons. The van der Waals surface area contributed by atoms with Crippen LogP contribution < -0.4 is 0 Å². The molecule has 0 aliphatic heterocycles. The first-order valence-electron chi connectivity index (χ1n) is 9.41. The van der Waals surface area contributed by atoms with Gasteiger partial charge in [-0.05, 0) is 90.4 Å². The topological polar surface area (TPSA) is 26.3 Å². The lowest BCUT2D eigenvalue weighted by atomic mass is 9.46. The van der Waals surface area contributed by atoms with E-state index in [0.29, 0.717) is 0 Å². The highest BCUT2D eigenvalue weighted by molar-refractivity contribution is 5.76. The summed E-state index contributed by atoms with van der Waals surface area (Å²) in [6.45, 7) is 10.6. The minimum atomic E-state index is -0.353. The van der Waals surface area contributed by atoms with Crippen molar-refractivity contribution in [3.8, 4) is 0 Å². The van der Waals surface area contributed by atoms with E-state index in [9.17, 15) is 4.79 Å². The second-order valence-corrected chi connectivity index (χ2v) is 9.73. The van der Waals surface area contributed by atoms with Crippen molar-refractivity contribution in [2.24, 2.45) is 28.6 Å². The van der Waals surface area contributed by atoms with Crippen LogP contribution in [0.3, 0.4) is 0 Å². The number of hydrogen-bond acceptors (Lipinski definition) is 2. The van der Waals surface area contributed by atoms with Crippen molar-refractivity contribution >= 4 is 5.97 Å². The maximum atomic E-state index is 12.7. The van der Waals surface area contributed by atoms with Crippen LogP contribution in [0.1, 0.15) is 86.0 Å². The number of carbonyl (C=O) groups is 1. The molecule has 0 unspecified atom stereocenters. The third-order valence-electron chi connectivity index (χ3n) is 7.09. The quantitative estimate of drug-likeness (QED) is 0.640. The largest absolute Gasteiger partial charge is 0.459 e. The molecule has 4 bridgehead atoms. The zero-order chi connectivity index (χ0) is 16.2. The molecule has 0 N–H and O–H groups in total. The standard InChI is InChI=1S/C20H34O2/c1-6-7-18(2,3)17(21)22-19(4,5)20-11-14-8-15(12-20)10-16(9-14)13-20/h14-16H,6-13H2,1-5H3. The van der Waals surface area contributed by atoms with Gasteiger partial charge >= 0.3 is 5.97 Å². The number of ether oxygens (including phenoxy) is 1. The third-order valence-corrected chi connectivity index (χ3v) is 7.09. The Labute approximate surface area is 136 Å². The van der Waals surface area contributed by atoms with Crippen LogP contribution in [-0.2, 0) is 9.53 Å². The molecule has 4 rings (SSSR count). The van der Waals surface area contributed by atoms with Crippen LogP contribution in [0, 0.1) is 28.6 Å².